The summed E-state index contributed by atoms with van der Waals surface area (Å²) in [7, 11) is 0. The Morgan fingerprint density at radius 3 is 2.38 bits per heavy atom. The molecular formula is C18H19F2N3S. The van der Waals surface area contributed by atoms with Crippen LogP contribution < -0.4 is 5.32 Å². The highest BCUT2D eigenvalue weighted by Gasteiger charge is 2.23. The molecule has 0 spiro atoms. The molecule has 3 aromatic rings. The highest BCUT2D eigenvalue weighted by Crippen LogP contribution is 2.32. The molecular weight excluding hydrogens is 328 g/mol. The maximum Gasteiger partial charge on any atom is 0.158 e. The lowest BCUT2D eigenvalue weighted by Crippen LogP contribution is -2.05. The van der Waals surface area contributed by atoms with E-state index in [-0.39, 0.29) is 0 Å². The third-order valence-electron chi connectivity index (χ3n) is 3.62. The van der Waals surface area contributed by atoms with Gasteiger partial charge in [0.25, 0.3) is 0 Å². The van der Waals surface area contributed by atoms with E-state index in [1.54, 1.807) is 11.3 Å². The van der Waals surface area contributed by atoms with Crippen molar-refractivity contribution in [3.63, 3.8) is 0 Å². The van der Waals surface area contributed by atoms with Crippen LogP contribution >= 0.6 is 11.3 Å². The molecule has 126 valence electrons. The van der Waals surface area contributed by atoms with Crippen molar-refractivity contribution < 1.29 is 8.78 Å². The molecule has 1 N–H and O–H groups in total. The van der Waals surface area contributed by atoms with Gasteiger partial charge < -0.3 is 5.32 Å². The Balaban J connectivity index is 0.000000179. The molecule has 2 aromatic heterocycles. The average Bonchev–Trinajstić information content (AvgIpc) is 3.29. The lowest BCUT2D eigenvalue weighted by Gasteiger charge is -2.06. The predicted octanol–water partition coefficient (Wildman–Crippen LogP) is 5.10. The summed E-state index contributed by atoms with van der Waals surface area (Å²) in [5.41, 5.74) is 0. The Bertz CT molecular complexity index is 822. The molecule has 1 saturated carbocycles. The van der Waals surface area contributed by atoms with Crippen LogP contribution in [-0.4, -0.2) is 16.0 Å². The zero-order valence-electron chi connectivity index (χ0n) is 13.6. The number of hydrogen-bond acceptors (Lipinski definition) is 4. The lowest BCUT2D eigenvalue weighted by molar-refractivity contribution is 0.508. The van der Waals surface area contributed by atoms with Crippen molar-refractivity contribution >= 4 is 27.4 Å². The van der Waals surface area contributed by atoms with E-state index in [9.17, 15) is 8.78 Å². The normalized spacial score (nSPS) is 13.5. The van der Waals surface area contributed by atoms with Gasteiger partial charge in [-0.2, -0.15) is 0 Å². The SMILES string of the molecule is CCc1nc(NC2CC2)c2cc(C)sc2n1.Fc1ccccc1F. The summed E-state index contributed by atoms with van der Waals surface area (Å²) >= 11 is 1.75. The maximum absolute atomic E-state index is 11.9. The number of fused-ring (bicyclic) bond motifs is 1. The van der Waals surface area contributed by atoms with E-state index in [1.165, 1.54) is 35.2 Å². The zero-order chi connectivity index (χ0) is 17.1. The molecule has 1 aromatic carbocycles. The molecule has 0 amide bonds. The number of hydrogen-bond donors (Lipinski definition) is 1. The molecule has 2 heterocycles. The number of aromatic nitrogens is 2. The molecule has 0 atom stereocenters. The molecule has 3 nitrogen and oxygen atoms in total. The van der Waals surface area contributed by atoms with Crippen LogP contribution in [-0.2, 0) is 6.42 Å². The molecule has 0 bridgehead atoms. The van der Waals surface area contributed by atoms with Crippen molar-refractivity contribution in [3.8, 4) is 0 Å². The van der Waals surface area contributed by atoms with Crippen LogP contribution in [0.4, 0.5) is 14.6 Å². The molecule has 0 unspecified atom stereocenters. The van der Waals surface area contributed by atoms with E-state index in [1.807, 2.05) is 0 Å². The van der Waals surface area contributed by atoms with Gasteiger partial charge in [-0.15, -0.1) is 11.3 Å². The average molecular weight is 347 g/mol. The van der Waals surface area contributed by atoms with Gasteiger partial charge in [0, 0.05) is 17.3 Å². The fourth-order valence-electron chi connectivity index (χ4n) is 2.21. The van der Waals surface area contributed by atoms with Gasteiger partial charge in [0.15, 0.2) is 11.6 Å². The highest BCUT2D eigenvalue weighted by molar-refractivity contribution is 7.18. The van der Waals surface area contributed by atoms with Crippen LogP contribution in [0.3, 0.4) is 0 Å². The summed E-state index contributed by atoms with van der Waals surface area (Å²) in [4.78, 5) is 11.6. The van der Waals surface area contributed by atoms with Crippen molar-refractivity contribution in [2.45, 2.75) is 39.2 Å². The first-order chi connectivity index (χ1) is 11.6. The second kappa shape index (κ2) is 7.21. The van der Waals surface area contributed by atoms with E-state index < -0.39 is 11.6 Å². The largest absolute Gasteiger partial charge is 0.367 e. The van der Waals surface area contributed by atoms with E-state index in [0.29, 0.717) is 6.04 Å². The first-order valence-corrected chi connectivity index (χ1v) is 8.82. The summed E-state index contributed by atoms with van der Waals surface area (Å²) in [5, 5.41) is 4.69. The van der Waals surface area contributed by atoms with Crippen molar-refractivity contribution in [1.82, 2.24) is 9.97 Å². The minimum atomic E-state index is -0.799. The van der Waals surface area contributed by atoms with Gasteiger partial charge in [0.1, 0.15) is 16.5 Å². The number of nitrogens with one attached hydrogen (secondary N) is 1. The molecule has 4 rings (SSSR count). The molecule has 0 radical (unpaired) electrons. The van der Waals surface area contributed by atoms with Crippen LogP contribution in [0.2, 0.25) is 0 Å². The fraction of sp³-hybridized carbons (Fsp3) is 0.333. The summed E-state index contributed by atoms with van der Waals surface area (Å²) in [5.74, 6) is 0.381. The van der Waals surface area contributed by atoms with E-state index in [4.69, 9.17) is 0 Å². The molecule has 0 aliphatic heterocycles. The van der Waals surface area contributed by atoms with Gasteiger partial charge in [0.2, 0.25) is 0 Å². The summed E-state index contributed by atoms with van der Waals surface area (Å²) < 4.78 is 23.9. The van der Waals surface area contributed by atoms with Crippen LogP contribution in [0.15, 0.2) is 30.3 Å². The highest BCUT2D eigenvalue weighted by atomic mass is 32.1. The minimum Gasteiger partial charge on any atom is -0.367 e. The second-order valence-electron chi connectivity index (χ2n) is 5.75. The molecule has 0 saturated heterocycles. The maximum atomic E-state index is 11.9. The summed E-state index contributed by atoms with van der Waals surface area (Å²) in [6.07, 6.45) is 3.44. The fourth-order valence-corrected chi connectivity index (χ4v) is 3.11. The lowest BCUT2D eigenvalue weighted by atomic mass is 10.3. The molecule has 24 heavy (non-hydrogen) atoms. The Kier molecular flexibility index (Phi) is 5.04. The van der Waals surface area contributed by atoms with Crippen LogP contribution in [0, 0.1) is 18.6 Å². The van der Waals surface area contributed by atoms with Crippen LogP contribution in [0.25, 0.3) is 10.2 Å². The molecule has 6 heteroatoms. The Morgan fingerprint density at radius 1 is 1.17 bits per heavy atom. The van der Waals surface area contributed by atoms with Crippen LogP contribution in [0.1, 0.15) is 30.5 Å². The predicted molar refractivity (Wildman–Crippen MR) is 94.5 cm³/mol. The standard InChI is InChI=1S/C12H15N3S.C6H4F2/c1-3-10-14-11(13-8-4-5-8)9-6-7(2)16-12(9)15-10;7-5-3-1-2-4-6(5)8/h6,8H,3-5H2,1-2H3,(H,13,14,15);1-4H. The summed E-state index contributed by atoms with van der Waals surface area (Å²) in [6.45, 7) is 4.22. The molecule has 1 aliphatic carbocycles. The third-order valence-corrected chi connectivity index (χ3v) is 4.57. The monoisotopic (exact) mass is 347 g/mol. The zero-order valence-corrected chi connectivity index (χ0v) is 14.5. The van der Waals surface area contributed by atoms with E-state index in [2.05, 4.69) is 35.2 Å². The number of anilines is 1. The van der Waals surface area contributed by atoms with Crippen molar-refractivity contribution in [1.29, 1.82) is 0 Å². The first-order valence-electron chi connectivity index (χ1n) is 8.00. The number of halogens is 2. The molecule has 1 fully saturated rings. The quantitative estimate of drug-likeness (QED) is 0.716. The first kappa shape index (κ1) is 16.8. The van der Waals surface area contributed by atoms with Gasteiger partial charge >= 0.3 is 0 Å². The number of benzene rings is 1. The number of rotatable bonds is 3. The molecule has 1 aliphatic rings. The van der Waals surface area contributed by atoms with Gasteiger partial charge in [-0.25, -0.2) is 18.7 Å². The third kappa shape index (κ3) is 4.06. The van der Waals surface area contributed by atoms with E-state index in [0.717, 1.165) is 35.0 Å². The Morgan fingerprint density at radius 2 is 1.83 bits per heavy atom. The van der Waals surface area contributed by atoms with Crippen LogP contribution in [0.5, 0.6) is 0 Å². The number of aryl methyl sites for hydroxylation is 2. The Hall–Kier alpha value is -2.08. The number of nitrogens with zero attached hydrogens (tertiary/aromatic N) is 2. The number of thiophene rings is 1. The van der Waals surface area contributed by atoms with Gasteiger partial charge in [-0.05, 0) is 38.0 Å². The van der Waals surface area contributed by atoms with E-state index >= 15 is 0 Å². The smallest absolute Gasteiger partial charge is 0.158 e. The van der Waals surface area contributed by atoms with Gasteiger partial charge in [-0.1, -0.05) is 19.1 Å². The van der Waals surface area contributed by atoms with Crippen molar-refractivity contribution in [3.05, 3.63) is 52.7 Å². The second-order valence-corrected chi connectivity index (χ2v) is 6.99. The topological polar surface area (TPSA) is 37.8 Å². The minimum absolute atomic E-state index is 0.642. The summed E-state index contributed by atoms with van der Waals surface area (Å²) in [6, 6.07) is 7.87. The Labute approximate surface area is 143 Å². The van der Waals surface area contributed by atoms with Crippen molar-refractivity contribution in [2.24, 2.45) is 0 Å². The van der Waals surface area contributed by atoms with Gasteiger partial charge in [-0.3, -0.25) is 0 Å². The van der Waals surface area contributed by atoms with Crippen molar-refractivity contribution in [2.75, 3.05) is 5.32 Å². The van der Waals surface area contributed by atoms with Gasteiger partial charge in [0.05, 0.1) is 5.39 Å².